The van der Waals surface area contributed by atoms with Gasteiger partial charge in [0.25, 0.3) is 0 Å². The van der Waals surface area contributed by atoms with Gasteiger partial charge in [-0.2, -0.15) is 14.0 Å². The lowest BCUT2D eigenvalue weighted by molar-refractivity contribution is -0.223. The summed E-state index contributed by atoms with van der Waals surface area (Å²) < 4.78 is 79.3. The molecule has 13 heteroatoms. The number of nitrogens with zero attached hydrogens (tertiary/aromatic N) is 5. The Morgan fingerprint density at radius 1 is 1.08 bits per heavy atom. The molecule has 0 saturated carbocycles. The van der Waals surface area contributed by atoms with Crippen LogP contribution in [0.3, 0.4) is 0 Å². The molecule has 2 aromatic carbocycles. The Labute approximate surface area is 207 Å². The van der Waals surface area contributed by atoms with E-state index in [4.69, 9.17) is 10.00 Å². The number of hydrazine groups is 2. The third-order valence-corrected chi connectivity index (χ3v) is 5.68. The van der Waals surface area contributed by atoms with Crippen molar-refractivity contribution in [3.63, 3.8) is 0 Å². The highest BCUT2D eigenvalue weighted by atomic mass is 19.3. The van der Waals surface area contributed by atoms with Gasteiger partial charge in [-0.3, -0.25) is 10.4 Å². The van der Waals surface area contributed by atoms with Crippen molar-refractivity contribution in [3.05, 3.63) is 94.6 Å². The largest absolute Gasteiger partial charge is 0.487 e. The Morgan fingerprint density at radius 3 is 2.46 bits per heavy atom. The molecule has 1 aliphatic rings. The monoisotopic (exact) mass is 518 g/mol. The molecule has 1 aliphatic heterocycles. The van der Waals surface area contributed by atoms with E-state index in [9.17, 15) is 18.3 Å². The zero-order chi connectivity index (χ0) is 26.8. The summed E-state index contributed by atoms with van der Waals surface area (Å²) in [6.07, 6.45) is 2.11. The van der Waals surface area contributed by atoms with Gasteiger partial charge in [-0.25, -0.2) is 18.3 Å². The van der Waals surface area contributed by atoms with Gasteiger partial charge < -0.3 is 9.84 Å². The molecule has 0 radical (unpaired) electrons. The predicted molar refractivity (Wildman–Crippen MR) is 120 cm³/mol. The summed E-state index contributed by atoms with van der Waals surface area (Å²) in [5.74, 6) is -7.27. The third-order valence-electron chi connectivity index (χ3n) is 5.68. The van der Waals surface area contributed by atoms with E-state index in [0.717, 1.165) is 41.6 Å². The Morgan fingerprint density at radius 2 is 1.86 bits per heavy atom. The first-order valence-electron chi connectivity index (χ1n) is 10.7. The average molecular weight is 518 g/mol. The van der Waals surface area contributed by atoms with Crippen molar-refractivity contribution in [2.45, 2.75) is 18.1 Å². The Balaban J connectivity index is 1.62. The topological polar surface area (TPSA) is 97.0 Å². The van der Waals surface area contributed by atoms with Crippen LogP contribution >= 0.6 is 0 Å². The molecule has 0 spiro atoms. The second-order valence-electron chi connectivity index (χ2n) is 8.07. The molecule has 8 nitrogen and oxygen atoms in total. The fourth-order valence-electron chi connectivity index (χ4n) is 3.61. The normalized spacial score (nSPS) is 15.2. The van der Waals surface area contributed by atoms with Gasteiger partial charge >= 0.3 is 5.92 Å². The highest BCUT2D eigenvalue weighted by molar-refractivity contribution is 5.54. The van der Waals surface area contributed by atoms with Crippen LogP contribution in [0.2, 0.25) is 0 Å². The standard InChI is InChI=1S/C24H19F5N6O2/c1-34-32-14-33-35(34)13-23(36,19-6-4-17(25)9-21(19)27)24(28,29)22-7-5-18(11-31-22)37-12-16-3-2-15(10-30)8-20(16)26/h2-9,11,14,36H,12-13H2,1H3,(H,32,33). The smallest absolute Gasteiger partial charge is 0.323 e. The number of hydrazone groups is 1. The second kappa shape index (κ2) is 10.00. The molecule has 37 heavy (non-hydrogen) atoms. The van der Waals surface area contributed by atoms with Gasteiger partial charge in [-0.05, 0) is 36.4 Å². The molecule has 0 fully saturated rings. The SMILES string of the molecule is CN1NC=NN1CC(O)(c1ccc(F)cc1F)C(F)(F)c1ccc(OCc2ccc(C#N)cc2F)cn1. The number of ether oxygens (including phenoxy) is 1. The Kier molecular flexibility index (Phi) is 6.97. The van der Waals surface area contributed by atoms with E-state index in [1.807, 2.05) is 0 Å². The summed E-state index contributed by atoms with van der Waals surface area (Å²) in [6, 6.07) is 9.46. The van der Waals surface area contributed by atoms with Gasteiger partial charge in [-0.1, -0.05) is 6.07 Å². The summed E-state index contributed by atoms with van der Waals surface area (Å²) in [5.41, 5.74) is -2.21. The molecule has 0 bridgehead atoms. The van der Waals surface area contributed by atoms with E-state index < -0.39 is 46.8 Å². The summed E-state index contributed by atoms with van der Waals surface area (Å²) in [7, 11) is 1.42. The van der Waals surface area contributed by atoms with E-state index in [0.29, 0.717) is 6.07 Å². The zero-order valence-corrected chi connectivity index (χ0v) is 19.2. The van der Waals surface area contributed by atoms with Gasteiger partial charge in [0.05, 0.1) is 24.4 Å². The number of halogens is 5. The number of alkyl halides is 2. The molecule has 0 saturated heterocycles. The molecule has 4 rings (SSSR count). The number of rotatable bonds is 8. The number of nitriles is 1. The minimum absolute atomic E-state index is 0.00730. The highest BCUT2D eigenvalue weighted by Crippen LogP contribution is 2.46. The number of nitrogens with one attached hydrogen (secondary N) is 1. The number of pyridine rings is 1. The van der Waals surface area contributed by atoms with Crippen molar-refractivity contribution in [1.82, 2.24) is 20.6 Å². The fraction of sp³-hybridized carbons (Fsp3) is 0.208. The number of benzene rings is 2. The van der Waals surface area contributed by atoms with Crippen molar-refractivity contribution < 1.29 is 31.8 Å². The maximum Gasteiger partial charge on any atom is 0.323 e. The van der Waals surface area contributed by atoms with Crippen molar-refractivity contribution in [1.29, 1.82) is 5.26 Å². The fourth-order valence-corrected chi connectivity index (χ4v) is 3.61. The van der Waals surface area contributed by atoms with Crippen LogP contribution in [0.1, 0.15) is 22.4 Å². The predicted octanol–water partition coefficient (Wildman–Crippen LogP) is 3.54. The minimum Gasteiger partial charge on any atom is -0.487 e. The second-order valence-corrected chi connectivity index (χ2v) is 8.07. The maximum absolute atomic E-state index is 15.9. The molecule has 3 aromatic rings. The molecule has 1 aromatic heterocycles. The molecule has 192 valence electrons. The number of β-amino-alcohol motifs (C(OH)–C–C–N with tert-alkyl or cyclic N) is 1. The molecule has 1 unspecified atom stereocenters. The van der Waals surface area contributed by atoms with Crippen molar-refractivity contribution >= 4 is 6.34 Å². The minimum atomic E-state index is -4.21. The van der Waals surface area contributed by atoms with Gasteiger partial charge in [-0.15, -0.1) is 10.2 Å². The Bertz CT molecular complexity index is 1360. The summed E-state index contributed by atoms with van der Waals surface area (Å²) in [4.78, 5) is 3.69. The lowest BCUT2D eigenvalue weighted by atomic mass is 9.84. The molecule has 2 N–H and O–H groups in total. The average Bonchev–Trinajstić information content (AvgIpc) is 3.27. The Hall–Kier alpha value is -4.28. The van der Waals surface area contributed by atoms with Crippen LogP contribution in [-0.2, 0) is 18.1 Å². The molecule has 0 amide bonds. The first-order chi connectivity index (χ1) is 17.5. The quantitative estimate of drug-likeness (QED) is 0.441. The summed E-state index contributed by atoms with van der Waals surface area (Å²) >= 11 is 0. The first-order valence-corrected chi connectivity index (χ1v) is 10.7. The number of aromatic nitrogens is 1. The van der Waals surface area contributed by atoms with E-state index in [2.05, 4.69) is 15.5 Å². The van der Waals surface area contributed by atoms with Crippen LogP contribution in [0.5, 0.6) is 5.75 Å². The number of hydrogen-bond donors (Lipinski definition) is 2. The van der Waals surface area contributed by atoms with Crippen molar-refractivity contribution in [2.24, 2.45) is 5.10 Å². The van der Waals surface area contributed by atoms with Gasteiger partial charge in [0, 0.05) is 24.2 Å². The maximum atomic E-state index is 15.9. The summed E-state index contributed by atoms with van der Waals surface area (Å²) in [6.45, 7) is -1.20. The molecular weight excluding hydrogens is 499 g/mol. The van der Waals surface area contributed by atoms with Crippen LogP contribution in [0, 0.1) is 28.8 Å². The molecule has 0 aliphatic carbocycles. The van der Waals surface area contributed by atoms with Crippen LogP contribution in [0.25, 0.3) is 0 Å². The van der Waals surface area contributed by atoms with Crippen LogP contribution in [0.15, 0.2) is 59.8 Å². The highest BCUT2D eigenvalue weighted by Gasteiger charge is 2.58. The van der Waals surface area contributed by atoms with Crippen LogP contribution in [-0.4, -0.2) is 40.3 Å². The van der Waals surface area contributed by atoms with E-state index in [1.54, 1.807) is 6.07 Å². The third kappa shape index (κ3) is 5.02. The van der Waals surface area contributed by atoms with E-state index in [1.165, 1.54) is 30.6 Å². The van der Waals surface area contributed by atoms with Crippen LogP contribution < -0.4 is 10.2 Å². The first kappa shape index (κ1) is 25.8. The van der Waals surface area contributed by atoms with Gasteiger partial charge in [0.15, 0.2) is 5.60 Å². The van der Waals surface area contributed by atoms with E-state index in [-0.39, 0.29) is 23.5 Å². The lowest BCUT2D eigenvalue weighted by Crippen LogP contribution is -2.54. The van der Waals surface area contributed by atoms with Crippen LogP contribution in [0.4, 0.5) is 22.0 Å². The number of aliphatic hydroxyl groups is 1. The molecular formula is C24H19F5N6O2. The lowest BCUT2D eigenvalue weighted by Gasteiger charge is -2.39. The summed E-state index contributed by atoms with van der Waals surface area (Å²) in [5, 5.41) is 26.0. The van der Waals surface area contributed by atoms with Crippen molar-refractivity contribution in [2.75, 3.05) is 13.6 Å². The zero-order valence-electron chi connectivity index (χ0n) is 19.2. The molecule has 2 heterocycles. The van der Waals surface area contributed by atoms with Gasteiger partial charge in [0.2, 0.25) is 0 Å². The van der Waals surface area contributed by atoms with Gasteiger partial charge in [0.1, 0.15) is 41.8 Å². The molecule has 1 atom stereocenters. The van der Waals surface area contributed by atoms with Crippen molar-refractivity contribution in [3.8, 4) is 11.8 Å². The van der Waals surface area contributed by atoms with E-state index >= 15 is 8.78 Å². The number of hydrogen-bond acceptors (Lipinski definition) is 8.